The third-order valence-electron chi connectivity index (χ3n) is 3.50. The molecule has 21 heavy (non-hydrogen) atoms. The molecule has 112 valence electrons. The zero-order chi connectivity index (χ0) is 15.2. The number of nitrogens with zero attached hydrogens (tertiary/aromatic N) is 1. The number of urea groups is 1. The Labute approximate surface area is 123 Å². The van der Waals surface area contributed by atoms with Gasteiger partial charge in [-0.3, -0.25) is 9.78 Å². The van der Waals surface area contributed by atoms with Crippen molar-refractivity contribution in [3.63, 3.8) is 0 Å². The fraction of sp³-hybridized carbons (Fsp3) is 0.400. The summed E-state index contributed by atoms with van der Waals surface area (Å²) in [5.74, 6) is -1.38. The maximum absolute atomic E-state index is 11.8. The molecule has 0 aliphatic heterocycles. The normalized spacial score (nSPS) is 20.2. The highest BCUT2D eigenvalue weighted by atomic mass is 16.4. The molecule has 0 spiro atoms. The van der Waals surface area contributed by atoms with Crippen LogP contribution in [-0.4, -0.2) is 28.1 Å². The molecule has 0 saturated heterocycles. The van der Waals surface area contributed by atoms with E-state index >= 15 is 0 Å². The van der Waals surface area contributed by atoms with Gasteiger partial charge in [0.15, 0.2) is 0 Å². The Morgan fingerprint density at radius 2 is 2.24 bits per heavy atom. The number of carboxylic acids is 1. The number of amides is 2. The summed E-state index contributed by atoms with van der Waals surface area (Å²) in [7, 11) is 0. The van der Waals surface area contributed by atoms with Gasteiger partial charge in [0, 0.05) is 6.20 Å². The molecule has 1 aliphatic carbocycles. The summed E-state index contributed by atoms with van der Waals surface area (Å²) in [6, 6.07) is 3.31. The monoisotopic (exact) mass is 289 g/mol. The van der Waals surface area contributed by atoms with Crippen LogP contribution in [-0.2, 0) is 17.8 Å². The fourth-order valence-corrected chi connectivity index (χ4v) is 2.32. The molecule has 3 N–H and O–H groups in total. The van der Waals surface area contributed by atoms with Gasteiger partial charge >= 0.3 is 12.0 Å². The van der Waals surface area contributed by atoms with Gasteiger partial charge in [0.05, 0.1) is 24.2 Å². The van der Waals surface area contributed by atoms with Crippen molar-refractivity contribution < 1.29 is 14.7 Å². The molecule has 0 fully saturated rings. The van der Waals surface area contributed by atoms with Crippen LogP contribution < -0.4 is 10.6 Å². The van der Waals surface area contributed by atoms with Crippen LogP contribution in [0.2, 0.25) is 0 Å². The summed E-state index contributed by atoms with van der Waals surface area (Å²) in [5.41, 5.74) is 1.95. The van der Waals surface area contributed by atoms with Crippen LogP contribution in [0.15, 0.2) is 30.5 Å². The number of carbonyl (C=O) groups excluding carboxylic acids is 1. The first kappa shape index (κ1) is 15.0. The SMILES string of the molecule is CCc1cccnc1CNC(=O)NC1C=CC(C(=O)O)C1. The van der Waals surface area contributed by atoms with Crippen molar-refractivity contribution in [3.05, 3.63) is 41.7 Å². The second-order valence-corrected chi connectivity index (χ2v) is 4.96. The van der Waals surface area contributed by atoms with Crippen LogP contribution in [0, 0.1) is 5.92 Å². The minimum Gasteiger partial charge on any atom is -0.481 e. The number of nitrogens with one attached hydrogen (secondary N) is 2. The average Bonchev–Trinajstić information content (AvgIpc) is 2.94. The highest BCUT2D eigenvalue weighted by molar-refractivity contribution is 5.76. The van der Waals surface area contributed by atoms with E-state index in [1.54, 1.807) is 18.3 Å². The summed E-state index contributed by atoms with van der Waals surface area (Å²) in [6.45, 7) is 2.39. The fourth-order valence-electron chi connectivity index (χ4n) is 2.32. The molecule has 0 bridgehead atoms. The summed E-state index contributed by atoms with van der Waals surface area (Å²) in [6.07, 6.45) is 6.29. The van der Waals surface area contributed by atoms with E-state index in [1.165, 1.54) is 0 Å². The number of carboxylic acid groups (broad SMARTS) is 1. The van der Waals surface area contributed by atoms with Gasteiger partial charge in [-0.25, -0.2) is 4.79 Å². The number of aliphatic carboxylic acids is 1. The zero-order valence-electron chi connectivity index (χ0n) is 11.9. The smallest absolute Gasteiger partial charge is 0.315 e. The molecular formula is C15H19N3O3. The average molecular weight is 289 g/mol. The molecule has 2 rings (SSSR count). The lowest BCUT2D eigenvalue weighted by molar-refractivity contribution is -0.140. The van der Waals surface area contributed by atoms with Crippen LogP contribution in [0.4, 0.5) is 4.79 Å². The van der Waals surface area contributed by atoms with Crippen LogP contribution in [0.25, 0.3) is 0 Å². The Kier molecular flexibility index (Phi) is 4.92. The largest absolute Gasteiger partial charge is 0.481 e. The molecule has 2 atom stereocenters. The predicted octanol–water partition coefficient (Wildman–Crippen LogP) is 1.47. The lowest BCUT2D eigenvalue weighted by atomic mass is 10.1. The van der Waals surface area contributed by atoms with Gasteiger partial charge in [-0.15, -0.1) is 0 Å². The van der Waals surface area contributed by atoms with Gasteiger partial charge in [0.2, 0.25) is 0 Å². The Morgan fingerprint density at radius 3 is 2.90 bits per heavy atom. The Balaban J connectivity index is 1.81. The van der Waals surface area contributed by atoms with E-state index in [-0.39, 0.29) is 12.1 Å². The lowest BCUT2D eigenvalue weighted by Gasteiger charge is -2.13. The van der Waals surface area contributed by atoms with Crippen molar-refractivity contribution in [2.45, 2.75) is 32.4 Å². The van der Waals surface area contributed by atoms with E-state index in [1.807, 2.05) is 19.1 Å². The minimum atomic E-state index is -0.864. The van der Waals surface area contributed by atoms with Crippen molar-refractivity contribution in [3.8, 4) is 0 Å². The molecule has 0 aromatic carbocycles. The number of carbonyl (C=O) groups is 2. The van der Waals surface area contributed by atoms with Gasteiger partial charge < -0.3 is 15.7 Å². The van der Waals surface area contributed by atoms with Crippen molar-refractivity contribution in [1.82, 2.24) is 15.6 Å². The molecule has 1 aromatic rings. The van der Waals surface area contributed by atoms with Crippen LogP contribution in [0.1, 0.15) is 24.6 Å². The summed E-state index contributed by atoms with van der Waals surface area (Å²) < 4.78 is 0. The highest BCUT2D eigenvalue weighted by Crippen LogP contribution is 2.17. The van der Waals surface area contributed by atoms with Gasteiger partial charge in [0.25, 0.3) is 0 Å². The highest BCUT2D eigenvalue weighted by Gasteiger charge is 2.25. The molecule has 1 heterocycles. The van der Waals surface area contributed by atoms with Gasteiger partial charge in [-0.1, -0.05) is 25.1 Å². The number of aromatic nitrogens is 1. The van der Waals surface area contributed by atoms with E-state index in [2.05, 4.69) is 15.6 Å². The number of hydrogen-bond acceptors (Lipinski definition) is 3. The van der Waals surface area contributed by atoms with E-state index in [0.717, 1.165) is 17.7 Å². The summed E-state index contributed by atoms with van der Waals surface area (Å²) in [5, 5.41) is 14.4. The van der Waals surface area contributed by atoms with Gasteiger partial charge in [-0.2, -0.15) is 0 Å². The minimum absolute atomic E-state index is 0.236. The second kappa shape index (κ2) is 6.88. The summed E-state index contributed by atoms with van der Waals surface area (Å²) in [4.78, 5) is 26.9. The first-order chi connectivity index (χ1) is 10.1. The molecule has 6 heteroatoms. The molecule has 6 nitrogen and oxygen atoms in total. The Bertz CT molecular complexity index is 557. The zero-order valence-corrected chi connectivity index (χ0v) is 11.9. The maximum Gasteiger partial charge on any atom is 0.315 e. The molecule has 0 radical (unpaired) electrons. The van der Waals surface area contributed by atoms with Crippen molar-refractivity contribution >= 4 is 12.0 Å². The van der Waals surface area contributed by atoms with Crippen LogP contribution in [0.5, 0.6) is 0 Å². The van der Waals surface area contributed by atoms with Gasteiger partial charge in [-0.05, 0) is 24.5 Å². The first-order valence-corrected chi connectivity index (χ1v) is 6.98. The number of pyridine rings is 1. The molecule has 1 aromatic heterocycles. The molecule has 1 aliphatic rings. The van der Waals surface area contributed by atoms with E-state index in [0.29, 0.717) is 13.0 Å². The van der Waals surface area contributed by atoms with E-state index in [9.17, 15) is 9.59 Å². The van der Waals surface area contributed by atoms with Crippen LogP contribution in [0.3, 0.4) is 0 Å². The van der Waals surface area contributed by atoms with Crippen molar-refractivity contribution in [1.29, 1.82) is 0 Å². The summed E-state index contributed by atoms with van der Waals surface area (Å²) >= 11 is 0. The maximum atomic E-state index is 11.8. The molecular weight excluding hydrogens is 270 g/mol. The topological polar surface area (TPSA) is 91.3 Å². The lowest BCUT2D eigenvalue weighted by Crippen LogP contribution is -2.41. The molecule has 0 saturated carbocycles. The van der Waals surface area contributed by atoms with E-state index < -0.39 is 11.9 Å². The van der Waals surface area contributed by atoms with Crippen molar-refractivity contribution in [2.24, 2.45) is 5.92 Å². The number of hydrogen-bond donors (Lipinski definition) is 3. The second-order valence-electron chi connectivity index (χ2n) is 4.96. The molecule has 2 unspecified atom stereocenters. The van der Waals surface area contributed by atoms with Crippen LogP contribution >= 0.6 is 0 Å². The number of aryl methyl sites for hydroxylation is 1. The third kappa shape index (κ3) is 4.05. The Morgan fingerprint density at radius 1 is 1.43 bits per heavy atom. The van der Waals surface area contributed by atoms with E-state index in [4.69, 9.17) is 5.11 Å². The number of rotatable bonds is 5. The Hall–Kier alpha value is -2.37. The first-order valence-electron chi connectivity index (χ1n) is 6.98. The van der Waals surface area contributed by atoms with Crippen molar-refractivity contribution in [2.75, 3.05) is 0 Å². The standard InChI is InChI=1S/C15H19N3O3/c1-2-10-4-3-7-16-13(10)9-17-15(21)18-12-6-5-11(8-12)14(19)20/h3-7,11-12H,2,8-9H2,1H3,(H,19,20)(H2,17,18,21). The predicted molar refractivity (Wildman–Crippen MR) is 77.7 cm³/mol. The van der Waals surface area contributed by atoms with Gasteiger partial charge in [0.1, 0.15) is 0 Å². The quantitative estimate of drug-likeness (QED) is 0.716. The molecule has 2 amide bonds. The third-order valence-corrected chi connectivity index (χ3v) is 3.50.